The average Bonchev–Trinajstić information content (AvgIpc) is 2.71. The van der Waals surface area contributed by atoms with Crippen LogP contribution in [0.3, 0.4) is 0 Å². The first-order valence-electron chi connectivity index (χ1n) is 3.86. The lowest BCUT2D eigenvalue weighted by molar-refractivity contribution is 0.519. The first-order chi connectivity index (χ1) is 6.31. The molecular formula is C8H9N3OS. The molecule has 0 bridgehead atoms. The molecule has 0 fully saturated rings. The smallest absolute Gasteiger partial charge is 0.238 e. The molecule has 0 saturated heterocycles. The maximum Gasteiger partial charge on any atom is 0.238 e. The van der Waals surface area contributed by atoms with Gasteiger partial charge in [-0.1, -0.05) is 0 Å². The van der Waals surface area contributed by atoms with Crippen molar-refractivity contribution in [3.8, 4) is 10.8 Å². The van der Waals surface area contributed by atoms with Crippen LogP contribution in [0.1, 0.15) is 11.5 Å². The molecule has 0 radical (unpaired) electrons. The van der Waals surface area contributed by atoms with Crippen molar-refractivity contribution in [3.63, 3.8) is 0 Å². The molecule has 2 aromatic heterocycles. The van der Waals surface area contributed by atoms with Crippen LogP contribution in [0.4, 0.5) is 0 Å². The summed E-state index contributed by atoms with van der Waals surface area (Å²) in [4.78, 5) is 9.13. The van der Waals surface area contributed by atoms with Gasteiger partial charge in [0.2, 0.25) is 5.89 Å². The molecule has 0 aliphatic rings. The first-order valence-corrected chi connectivity index (χ1v) is 4.74. The third-order valence-corrected chi connectivity index (χ3v) is 2.48. The Morgan fingerprint density at radius 3 is 3.00 bits per heavy atom. The van der Waals surface area contributed by atoms with Crippen molar-refractivity contribution in [3.05, 3.63) is 23.2 Å². The number of oxazole rings is 1. The molecule has 0 aliphatic carbocycles. The normalized spacial score (nSPS) is 10.6. The standard InChI is InChI=1S/C8H9N3OS/c1-5-6(2-9)12-8(11-5)7-3-10-4-13-7/h3-4H,2,9H2,1H3. The van der Waals surface area contributed by atoms with Crippen LogP contribution in [-0.4, -0.2) is 9.97 Å². The number of thiazole rings is 1. The van der Waals surface area contributed by atoms with E-state index in [9.17, 15) is 0 Å². The van der Waals surface area contributed by atoms with Crippen LogP contribution < -0.4 is 5.73 Å². The predicted octanol–water partition coefficient (Wildman–Crippen LogP) is 1.57. The minimum absolute atomic E-state index is 0.387. The second-order valence-electron chi connectivity index (χ2n) is 2.60. The largest absolute Gasteiger partial charge is 0.439 e. The van der Waals surface area contributed by atoms with Gasteiger partial charge in [-0.3, -0.25) is 4.98 Å². The highest BCUT2D eigenvalue weighted by Gasteiger charge is 2.10. The number of hydrogen-bond acceptors (Lipinski definition) is 5. The summed E-state index contributed by atoms with van der Waals surface area (Å²) in [6.07, 6.45) is 1.73. The number of nitrogens with two attached hydrogens (primary N) is 1. The summed E-state index contributed by atoms with van der Waals surface area (Å²) in [6.45, 7) is 2.27. The minimum Gasteiger partial charge on any atom is -0.439 e. The molecule has 13 heavy (non-hydrogen) atoms. The number of aromatic nitrogens is 2. The van der Waals surface area contributed by atoms with E-state index in [1.54, 1.807) is 11.7 Å². The summed E-state index contributed by atoms with van der Waals surface area (Å²) in [5.74, 6) is 1.35. The molecule has 0 unspecified atom stereocenters. The Kier molecular flexibility index (Phi) is 2.12. The molecule has 5 heteroatoms. The Balaban J connectivity index is 2.43. The molecule has 4 nitrogen and oxygen atoms in total. The fourth-order valence-electron chi connectivity index (χ4n) is 1.04. The second-order valence-corrected chi connectivity index (χ2v) is 3.48. The van der Waals surface area contributed by atoms with Gasteiger partial charge in [0.05, 0.1) is 23.9 Å². The molecule has 2 aromatic rings. The zero-order chi connectivity index (χ0) is 9.26. The minimum atomic E-state index is 0.387. The van der Waals surface area contributed by atoms with Crippen LogP contribution in [0, 0.1) is 6.92 Å². The molecule has 0 spiro atoms. The van der Waals surface area contributed by atoms with Crippen molar-refractivity contribution >= 4 is 11.3 Å². The van der Waals surface area contributed by atoms with Crippen LogP contribution in [0.5, 0.6) is 0 Å². The lowest BCUT2D eigenvalue weighted by atomic mass is 10.4. The van der Waals surface area contributed by atoms with Crippen LogP contribution in [0.15, 0.2) is 16.1 Å². The number of rotatable bonds is 2. The maximum absolute atomic E-state index is 5.47. The van der Waals surface area contributed by atoms with E-state index in [0.717, 1.165) is 16.3 Å². The van der Waals surface area contributed by atoms with E-state index in [2.05, 4.69) is 9.97 Å². The summed E-state index contributed by atoms with van der Waals surface area (Å²) in [7, 11) is 0. The molecule has 2 rings (SSSR count). The SMILES string of the molecule is Cc1nc(-c2cncs2)oc1CN. The van der Waals surface area contributed by atoms with Gasteiger partial charge in [0.15, 0.2) is 0 Å². The van der Waals surface area contributed by atoms with Crippen molar-refractivity contribution < 1.29 is 4.42 Å². The number of hydrogen-bond donors (Lipinski definition) is 1. The Morgan fingerprint density at radius 2 is 2.46 bits per heavy atom. The monoisotopic (exact) mass is 195 g/mol. The van der Waals surface area contributed by atoms with Gasteiger partial charge in [-0.05, 0) is 6.92 Å². The van der Waals surface area contributed by atoms with Gasteiger partial charge in [0.25, 0.3) is 0 Å². The molecular weight excluding hydrogens is 186 g/mol. The van der Waals surface area contributed by atoms with Crippen molar-refractivity contribution in [2.75, 3.05) is 0 Å². The molecule has 2 heterocycles. The quantitative estimate of drug-likeness (QED) is 0.789. The van der Waals surface area contributed by atoms with Gasteiger partial charge >= 0.3 is 0 Å². The van der Waals surface area contributed by atoms with Crippen LogP contribution >= 0.6 is 11.3 Å². The second kappa shape index (κ2) is 3.27. The lowest BCUT2D eigenvalue weighted by Gasteiger charge is -1.87. The summed E-state index contributed by atoms with van der Waals surface area (Å²) in [5, 5.41) is 0. The molecule has 0 aromatic carbocycles. The van der Waals surface area contributed by atoms with Crippen molar-refractivity contribution in [1.29, 1.82) is 0 Å². The highest BCUT2D eigenvalue weighted by molar-refractivity contribution is 7.13. The van der Waals surface area contributed by atoms with Crippen molar-refractivity contribution in [2.45, 2.75) is 13.5 Å². The van der Waals surface area contributed by atoms with E-state index >= 15 is 0 Å². The molecule has 0 saturated carbocycles. The third-order valence-electron chi connectivity index (χ3n) is 1.72. The van der Waals surface area contributed by atoms with Gasteiger partial charge in [0.1, 0.15) is 10.6 Å². The number of aryl methyl sites for hydroxylation is 1. The zero-order valence-corrected chi connectivity index (χ0v) is 7.97. The molecule has 0 aliphatic heterocycles. The summed E-state index contributed by atoms with van der Waals surface area (Å²) in [6, 6.07) is 0. The summed E-state index contributed by atoms with van der Waals surface area (Å²) in [5.41, 5.74) is 8.07. The molecule has 68 valence electrons. The van der Waals surface area contributed by atoms with Crippen molar-refractivity contribution in [2.24, 2.45) is 5.73 Å². The fraction of sp³-hybridized carbons (Fsp3) is 0.250. The predicted molar refractivity (Wildman–Crippen MR) is 50.2 cm³/mol. The summed E-state index contributed by atoms with van der Waals surface area (Å²) >= 11 is 1.50. The van der Waals surface area contributed by atoms with Crippen LogP contribution in [0.2, 0.25) is 0 Å². The third kappa shape index (κ3) is 1.48. The van der Waals surface area contributed by atoms with E-state index < -0.39 is 0 Å². The van der Waals surface area contributed by atoms with Crippen LogP contribution in [-0.2, 0) is 6.54 Å². The lowest BCUT2D eigenvalue weighted by Crippen LogP contribution is -1.95. The van der Waals surface area contributed by atoms with E-state index in [1.165, 1.54) is 11.3 Å². The summed E-state index contributed by atoms with van der Waals surface area (Å²) < 4.78 is 5.44. The van der Waals surface area contributed by atoms with Crippen LogP contribution in [0.25, 0.3) is 10.8 Å². The molecule has 2 N–H and O–H groups in total. The number of nitrogens with zero attached hydrogens (tertiary/aromatic N) is 2. The highest BCUT2D eigenvalue weighted by Crippen LogP contribution is 2.24. The topological polar surface area (TPSA) is 64.9 Å². The Bertz CT molecular complexity index is 393. The van der Waals surface area contributed by atoms with E-state index in [-0.39, 0.29) is 0 Å². The van der Waals surface area contributed by atoms with E-state index in [1.807, 2.05) is 6.92 Å². The average molecular weight is 195 g/mol. The van der Waals surface area contributed by atoms with Gasteiger partial charge < -0.3 is 10.2 Å². The maximum atomic E-state index is 5.47. The van der Waals surface area contributed by atoms with Gasteiger partial charge in [0, 0.05) is 0 Å². The Labute approximate surface area is 79.4 Å². The highest BCUT2D eigenvalue weighted by atomic mass is 32.1. The molecule has 0 amide bonds. The fourth-order valence-corrected chi connectivity index (χ4v) is 1.59. The zero-order valence-electron chi connectivity index (χ0n) is 7.15. The van der Waals surface area contributed by atoms with Gasteiger partial charge in [-0.25, -0.2) is 4.98 Å². The van der Waals surface area contributed by atoms with E-state index in [4.69, 9.17) is 10.2 Å². The van der Waals surface area contributed by atoms with Crippen molar-refractivity contribution in [1.82, 2.24) is 9.97 Å². The van der Waals surface area contributed by atoms with E-state index in [0.29, 0.717) is 12.4 Å². The first kappa shape index (κ1) is 8.40. The Hall–Kier alpha value is -1.20. The molecule has 0 atom stereocenters. The van der Waals surface area contributed by atoms with Gasteiger partial charge in [-0.2, -0.15) is 0 Å². The van der Waals surface area contributed by atoms with Gasteiger partial charge in [-0.15, -0.1) is 11.3 Å². The Morgan fingerprint density at radius 1 is 1.62 bits per heavy atom.